The number of carbonyl (C=O) groups is 1. The molecule has 2 aromatic carbocycles. The molecule has 1 aromatic heterocycles. The van der Waals surface area contributed by atoms with E-state index in [0.717, 1.165) is 5.56 Å². The summed E-state index contributed by atoms with van der Waals surface area (Å²) in [6, 6.07) is 22.2. The third-order valence-corrected chi connectivity index (χ3v) is 3.79. The second kappa shape index (κ2) is 7.41. The topological polar surface area (TPSA) is 63.0 Å². The van der Waals surface area contributed by atoms with Gasteiger partial charge in [0.15, 0.2) is 11.9 Å². The van der Waals surface area contributed by atoms with E-state index in [1.54, 1.807) is 36.5 Å². The molecule has 0 amide bonds. The number of hydrogen-bond acceptors (Lipinski definition) is 4. The monoisotopic (exact) mass is 328 g/mol. The minimum Gasteiger partial charge on any atom is -0.479 e. The molecule has 0 bridgehead atoms. The summed E-state index contributed by atoms with van der Waals surface area (Å²) in [4.78, 5) is 16.3. The fourth-order valence-corrected chi connectivity index (χ4v) is 2.58. The highest BCUT2D eigenvalue weighted by atomic mass is 16.5. The number of benzene rings is 2. The number of nitriles is 1. The number of Topliss-reactive ketones (excluding diaryl/α,β-unsaturated/α-hetero) is 1. The molecule has 0 saturated heterocycles. The molecule has 4 nitrogen and oxygen atoms in total. The predicted molar refractivity (Wildman–Crippen MR) is 94.3 cm³/mol. The summed E-state index contributed by atoms with van der Waals surface area (Å²) in [5.74, 6) is 0.425. The number of ether oxygens (including phenoxy) is 1. The lowest BCUT2D eigenvalue weighted by Gasteiger charge is -2.20. The van der Waals surface area contributed by atoms with E-state index >= 15 is 0 Å². The minimum atomic E-state index is -0.519. The van der Waals surface area contributed by atoms with Crippen molar-refractivity contribution in [3.8, 4) is 11.8 Å². The van der Waals surface area contributed by atoms with Crippen LogP contribution < -0.4 is 4.74 Å². The molecule has 1 heterocycles. The molecule has 1 atom stereocenters. The largest absolute Gasteiger partial charge is 0.479 e. The van der Waals surface area contributed by atoms with Crippen LogP contribution >= 0.6 is 0 Å². The lowest BCUT2D eigenvalue weighted by Crippen LogP contribution is -2.13. The van der Waals surface area contributed by atoms with Crippen molar-refractivity contribution in [1.29, 1.82) is 5.26 Å². The first kappa shape index (κ1) is 16.4. The molecule has 3 aromatic rings. The van der Waals surface area contributed by atoms with Gasteiger partial charge in [0.2, 0.25) is 0 Å². The molecule has 0 radical (unpaired) electrons. The van der Waals surface area contributed by atoms with Crippen molar-refractivity contribution in [1.82, 2.24) is 4.98 Å². The van der Waals surface area contributed by atoms with Gasteiger partial charge in [-0.1, -0.05) is 42.5 Å². The first-order valence-corrected chi connectivity index (χ1v) is 7.86. The zero-order chi connectivity index (χ0) is 17.6. The second-order valence-corrected chi connectivity index (χ2v) is 5.54. The van der Waals surface area contributed by atoms with Gasteiger partial charge in [0.25, 0.3) is 0 Å². The summed E-state index contributed by atoms with van der Waals surface area (Å²) in [6.07, 6.45) is 1.07. The maximum atomic E-state index is 11.9. The van der Waals surface area contributed by atoms with Crippen LogP contribution in [0.15, 0.2) is 72.9 Å². The van der Waals surface area contributed by atoms with Crippen molar-refractivity contribution in [3.63, 3.8) is 0 Å². The van der Waals surface area contributed by atoms with E-state index in [4.69, 9.17) is 10.00 Å². The summed E-state index contributed by atoms with van der Waals surface area (Å²) in [6.45, 7) is 1.51. The van der Waals surface area contributed by atoms with Crippen molar-refractivity contribution >= 4 is 5.78 Å². The Bertz CT molecular complexity index is 930. The Kier molecular flexibility index (Phi) is 4.87. The van der Waals surface area contributed by atoms with E-state index in [1.807, 2.05) is 36.4 Å². The Morgan fingerprint density at radius 3 is 2.52 bits per heavy atom. The Balaban J connectivity index is 2.07. The van der Waals surface area contributed by atoms with E-state index in [2.05, 4.69) is 11.1 Å². The van der Waals surface area contributed by atoms with Crippen LogP contribution in [0.4, 0.5) is 0 Å². The molecular formula is C21H16N2O2. The lowest BCUT2D eigenvalue weighted by molar-refractivity contribution is 0.101. The Labute approximate surface area is 146 Å². The first-order valence-electron chi connectivity index (χ1n) is 7.86. The number of hydrogen-bond donors (Lipinski definition) is 0. The van der Waals surface area contributed by atoms with Crippen LogP contribution in [0.3, 0.4) is 0 Å². The Morgan fingerprint density at radius 1 is 1.08 bits per heavy atom. The van der Waals surface area contributed by atoms with E-state index in [-0.39, 0.29) is 5.78 Å². The molecule has 122 valence electrons. The highest BCUT2D eigenvalue weighted by Crippen LogP contribution is 2.30. The van der Waals surface area contributed by atoms with Gasteiger partial charge in [-0.15, -0.1) is 0 Å². The third-order valence-electron chi connectivity index (χ3n) is 3.79. The summed E-state index contributed by atoms with van der Waals surface area (Å²) in [7, 11) is 0. The van der Waals surface area contributed by atoms with Gasteiger partial charge in [-0.2, -0.15) is 5.26 Å². The Hall–Kier alpha value is -3.45. The van der Waals surface area contributed by atoms with Crippen molar-refractivity contribution in [3.05, 3.63) is 95.3 Å². The average molecular weight is 328 g/mol. The zero-order valence-electron chi connectivity index (χ0n) is 13.7. The number of carbonyl (C=O) groups excluding carboxylic acids is 1. The van der Waals surface area contributed by atoms with Gasteiger partial charge in [0.1, 0.15) is 5.75 Å². The normalized spacial score (nSPS) is 11.4. The molecule has 0 aliphatic carbocycles. The molecule has 0 saturated carbocycles. The van der Waals surface area contributed by atoms with Crippen LogP contribution in [0.5, 0.6) is 5.75 Å². The van der Waals surface area contributed by atoms with Crippen molar-refractivity contribution in [2.45, 2.75) is 13.0 Å². The molecule has 25 heavy (non-hydrogen) atoms. The van der Waals surface area contributed by atoms with Gasteiger partial charge in [0.05, 0.1) is 22.9 Å². The lowest BCUT2D eigenvalue weighted by atomic mass is 10.0. The minimum absolute atomic E-state index is 0.0684. The predicted octanol–water partition coefficient (Wildman–Crippen LogP) is 4.32. The number of rotatable bonds is 5. The van der Waals surface area contributed by atoms with Crippen LogP contribution in [-0.2, 0) is 0 Å². The molecule has 0 aliphatic heterocycles. The smallest absolute Gasteiger partial charge is 0.166 e. The molecule has 1 unspecified atom stereocenters. The molecule has 0 fully saturated rings. The standard InChI is InChI=1S/C21H16N2O2/c1-15(24)18-9-5-6-10-20(18)25-21(17-7-3-2-4-8-17)19-13-16(14-22)11-12-23-19/h2-13,21H,1H3. The van der Waals surface area contributed by atoms with E-state index < -0.39 is 6.10 Å². The maximum Gasteiger partial charge on any atom is 0.166 e. The van der Waals surface area contributed by atoms with E-state index in [9.17, 15) is 4.79 Å². The highest BCUT2D eigenvalue weighted by molar-refractivity contribution is 5.96. The fraction of sp³-hybridized carbons (Fsp3) is 0.0952. The average Bonchev–Trinajstić information content (AvgIpc) is 2.67. The molecule has 0 N–H and O–H groups in total. The van der Waals surface area contributed by atoms with E-state index in [1.165, 1.54) is 6.92 Å². The van der Waals surface area contributed by atoms with Crippen LogP contribution in [0.2, 0.25) is 0 Å². The number of aromatic nitrogens is 1. The molecule has 3 rings (SSSR count). The van der Waals surface area contributed by atoms with Crippen LogP contribution in [0.1, 0.15) is 40.2 Å². The van der Waals surface area contributed by atoms with Gasteiger partial charge >= 0.3 is 0 Å². The quantitative estimate of drug-likeness (QED) is 0.654. The summed E-state index contributed by atoms with van der Waals surface area (Å²) in [5.41, 5.74) is 2.53. The Morgan fingerprint density at radius 2 is 1.80 bits per heavy atom. The zero-order valence-corrected chi connectivity index (χ0v) is 13.7. The fourth-order valence-electron chi connectivity index (χ4n) is 2.58. The SMILES string of the molecule is CC(=O)c1ccccc1OC(c1ccccc1)c1cc(C#N)ccn1. The number of nitrogens with zero attached hydrogens (tertiary/aromatic N) is 2. The van der Waals surface area contributed by atoms with Crippen molar-refractivity contribution < 1.29 is 9.53 Å². The van der Waals surface area contributed by atoms with Crippen molar-refractivity contribution in [2.24, 2.45) is 0 Å². The van der Waals surface area contributed by atoms with Crippen LogP contribution in [0.25, 0.3) is 0 Å². The van der Waals surface area contributed by atoms with Crippen molar-refractivity contribution in [2.75, 3.05) is 0 Å². The summed E-state index contributed by atoms with van der Waals surface area (Å²) < 4.78 is 6.19. The van der Waals surface area contributed by atoms with Crippen LogP contribution in [-0.4, -0.2) is 10.8 Å². The maximum absolute atomic E-state index is 11.9. The third kappa shape index (κ3) is 3.73. The summed E-state index contributed by atoms with van der Waals surface area (Å²) >= 11 is 0. The number of para-hydroxylation sites is 1. The highest BCUT2D eigenvalue weighted by Gasteiger charge is 2.20. The molecule has 4 heteroatoms. The van der Waals surface area contributed by atoms with Gasteiger partial charge in [-0.25, -0.2) is 0 Å². The van der Waals surface area contributed by atoms with Gasteiger partial charge in [-0.3, -0.25) is 9.78 Å². The molecule has 0 aliphatic rings. The van der Waals surface area contributed by atoms with E-state index in [0.29, 0.717) is 22.6 Å². The van der Waals surface area contributed by atoms with Gasteiger partial charge < -0.3 is 4.74 Å². The summed E-state index contributed by atoms with van der Waals surface area (Å²) in [5, 5.41) is 9.16. The number of ketones is 1. The van der Waals surface area contributed by atoms with Gasteiger partial charge in [-0.05, 0) is 36.8 Å². The second-order valence-electron chi connectivity index (χ2n) is 5.54. The number of pyridine rings is 1. The van der Waals surface area contributed by atoms with Crippen LogP contribution in [0, 0.1) is 11.3 Å². The molecular weight excluding hydrogens is 312 g/mol. The molecule has 0 spiro atoms. The first-order chi connectivity index (χ1) is 12.2. The van der Waals surface area contributed by atoms with Gasteiger partial charge in [0, 0.05) is 6.20 Å².